The molecule has 0 amide bonds. The van der Waals surface area contributed by atoms with E-state index < -0.39 is 0 Å². The van der Waals surface area contributed by atoms with Crippen LogP contribution in [0.4, 0.5) is 0 Å². The molecule has 0 aliphatic carbocycles. The van der Waals surface area contributed by atoms with Gasteiger partial charge in [0, 0.05) is 0 Å². The van der Waals surface area contributed by atoms with E-state index in [1.165, 1.54) is 0 Å². The van der Waals surface area contributed by atoms with Crippen LogP contribution in [0.1, 0.15) is 23.9 Å². The van der Waals surface area contributed by atoms with E-state index in [9.17, 15) is 4.79 Å². The predicted octanol–water partition coefficient (Wildman–Crippen LogP) is 5.81. The third-order valence-electron chi connectivity index (χ3n) is 4.78. The van der Waals surface area contributed by atoms with Gasteiger partial charge in [-0.2, -0.15) is 0 Å². The molecule has 142 valence electrons. The molecule has 0 saturated carbocycles. The third kappa shape index (κ3) is 4.09. The Bertz CT molecular complexity index is 1260. The van der Waals surface area contributed by atoms with E-state index in [1.54, 1.807) is 4.57 Å². The Hall–Kier alpha value is -3.72. The molecule has 0 aliphatic rings. The van der Waals surface area contributed by atoms with E-state index >= 15 is 0 Å². The standard InChI is InChI=1S/C26H22N2O/c1-19-12-15-22(16-13-19)28-25(27-24-11-7-6-10-23(24)26(28)29)17-14-20(2)18-21-8-4-3-5-9-21/h3-18H,1-2H3/b17-14+,20-18+. The molecule has 1 aromatic heterocycles. The first-order valence-corrected chi connectivity index (χ1v) is 9.62. The van der Waals surface area contributed by atoms with Gasteiger partial charge in [0.15, 0.2) is 0 Å². The molecule has 0 atom stereocenters. The highest BCUT2D eigenvalue weighted by Gasteiger charge is 2.10. The van der Waals surface area contributed by atoms with Crippen molar-refractivity contribution in [2.45, 2.75) is 13.8 Å². The van der Waals surface area contributed by atoms with Crippen molar-refractivity contribution in [3.63, 3.8) is 0 Å². The highest BCUT2D eigenvalue weighted by Crippen LogP contribution is 2.16. The lowest BCUT2D eigenvalue weighted by molar-refractivity contribution is 0.942. The molecule has 3 nitrogen and oxygen atoms in total. The monoisotopic (exact) mass is 378 g/mol. The van der Waals surface area contributed by atoms with Crippen LogP contribution < -0.4 is 5.56 Å². The number of allylic oxidation sites excluding steroid dienone is 2. The summed E-state index contributed by atoms with van der Waals surface area (Å²) in [6, 6.07) is 25.6. The van der Waals surface area contributed by atoms with Crippen LogP contribution in [-0.2, 0) is 0 Å². The van der Waals surface area contributed by atoms with Crippen LogP contribution in [-0.4, -0.2) is 9.55 Å². The summed E-state index contributed by atoms with van der Waals surface area (Å²) < 4.78 is 1.67. The van der Waals surface area contributed by atoms with Gasteiger partial charge in [-0.05, 0) is 49.8 Å². The summed E-state index contributed by atoms with van der Waals surface area (Å²) in [5.41, 5.74) is 4.80. The number of aryl methyl sites for hydroxylation is 1. The Morgan fingerprint density at radius 3 is 2.34 bits per heavy atom. The molecule has 0 radical (unpaired) electrons. The van der Waals surface area contributed by atoms with Crippen LogP contribution in [0.25, 0.3) is 28.7 Å². The fourth-order valence-corrected chi connectivity index (χ4v) is 3.27. The third-order valence-corrected chi connectivity index (χ3v) is 4.78. The molecule has 0 unspecified atom stereocenters. The number of hydrogen-bond donors (Lipinski definition) is 0. The molecule has 4 rings (SSSR count). The van der Waals surface area contributed by atoms with Crippen LogP contribution in [0.5, 0.6) is 0 Å². The Balaban J connectivity index is 1.84. The Kier molecular flexibility index (Phi) is 5.21. The summed E-state index contributed by atoms with van der Waals surface area (Å²) >= 11 is 0. The van der Waals surface area contributed by atoms with Crippen molar-refractivity contribution in [3.05, 3.63) is 118 Å². The van der Waals surface area contributed by atoms with E-state index in [0.717, 1.165) is 22.4 Å². The minimum Gasteiger partial charge on any atom is -0.268 e. The van der Waals surface area contributed by atoms with E-state index in [0.29, 0.717) is 16.7 Å². The fourth-order valence-electron chi connectivity index (χ4n) is 3.27. The minimum absolute atomic E-state index is 0.0659. The van der Waals surface area contributed by atoms with Gasteiger partial charge in [-0.3, -0.25) is 9.36 Å². The first-order valence-electron chi connectivity index (χ1n) is 9.62. The van der Waals surface area contributed by atoms with Crippen molar-refractivity contribution in [1.82, 2.24) is 9.55 Å². The van der Waals surface area contributed by atoms with E-state index in [2.05, 4.69) is 18.2 Å². The number of benzene rings is 3. The molecule has 0 bridgehead atoms. The lowest BCUT2D eigenvalue weighted by Gasteiger charge is -2.11. The van der Waals surface area contributed by atoms with Gasteiger partial charge in [-0.25, -0.2) is 4.98 Å². The van der Waals surface area contributed by atoms with E-state index in [4.69, 9.17) is 4.98 Å². The van der Waals surface area contributed by atoms with Gasteiger partial charge in [0.2, 0.25) is 0 Å². The zero-order valence-electron chi connectivity index (χ0n) is 16.5. The number of aromatic nitrogens is 2. The summed E-state index contributed by atoms with van der Waals surface area (Å²) in [6.45, 7) is 4.07. The first kappa shape index (κ1) is 18.6. The molecule has 4 aromatic rings. The molecule has 3 heteroatoms. The number of rotatable bonds is 4. The number of nitrogens with zero attached hydrogens (tertiary/aromatic N) is 2. The summed E-state index contributed by atoms with van der Waals surface area (Å²) in [4.78, 5) is 18.0. The van der Waals surface area contributed by atoms with Gasteiger partial charge in [0.05, 0.1) is 16.6 Å². The molecular formula is C26H22N2O. The lowest BCUT2D eigenvalue weighted by atomic mass is 10.1. The molecule has 29 heavy (non-hydrogen) atoms. The molecule has 0 spiro atoms. The van der Waals surface area contributed by atoms with Gasteiger partial charge < -0.3 is 0 Å². The number of para-hydroxylation sites is 1. The average molecular weight is 378 g/mol. The van der Waals surface area contributed by atoms with Gasteiger partial charge in [0.1, 0.15) is 5.82 Å². The Labute approximate surface area is 170 Å². The molecule has 1 heterocycles. The van der Waals surface area contributed by atoms with Crippen molar-refractivity contribution in [1.29, 1.82) is 0 Å². The summed E-state index contributed by atoms with van der Waals surface area (Å²) in [5, 5.41) is 0.613. The maximum absolute atomic E-state index is 13.2. The summed E-state index contributed by atoms with van der Waals surface area (Å²) in [6.07, 6.45) is 6.00. The van der Waals surface area contributed by atoms with Crippen molar-refractivity contribution in [2.75, 3.05) is 0 Å². The van der Waals surface area contributed by atoms with Crippen molar-refractivity contribution in [3.8, 4) is 5.69 Å². The lowest BCUT2D eigenvalue weighted by Crippen LogP contribution is -2.22. The second kappa shape index (κ2) is 8.11. The molecule has 3 aromatic carbocycles. The second-order valence-electron chi connectivity index (χ2n) is 7.10. The van der Waals surface area contributed by atoms with Crippen molar-refractivity contribution >= 4 is 23.1 Å². The summed E-state index contributed by atoms with van der Waals surface area (Å²) in [7, 11) is 0. The van der Waals surface area contributed by atoms with Crippen LogP contribution in [0.15, 0.2) is 95.3 Å². The maximum atomic E-state index is 13.2. The normalized spacial score (nSPS) is 12.0. The number of fused-ring (bicyclic) bond motifs is 1. The van der Waals surface area contributed by atoms with Crippen LogP contribution >= 0.6 is 0 Å². The zero-order chi connectivity index (χ0) is 20.2. The summed E-state index contributed by atoms with van der Waals surface area (Å²) in [5.74, 6) is 0.610. The SMILES string of the molecule is CC(/C=C/c1nc2ccccc2c(=O)n1-c1ccc(C)cc1)=C\c1ccccc1. The molecular weight excluding hydrogens is 356 g/mol. The first-order chi connectivity index (χ1) is 14.1. The maximum Gasteiger partial charge on any atom is 0.266 e. The zero-order valence-corrected chi connectivity index (χ0v) is 16.5. The van der Waals surface area contributed by atoms with Crippen LogP contribution in [0.2, 0.25) is 0 Å². The van der Waals surface area contributed by atoms with Crippen LogP contribution in [0, 0.1) is 6.92 Å². The highest BCUT2D eigenvalue weighted by molar-refractivity contribution is 5.79. The average Bonchev–Trinajstić information content (AvgIpc) is 2.74. The van der Waals surface area contributed by atoms with Gasteiger partial charge in [-0.15, -0.1) is 0 Å². The van der Waals surface area contributed by atoms with Crippen LogP contribution in [0.3, 0.4) is 0 Å². The predicted molar refractivity (Wildman–Crippen MR) is 121 cm³/mol. The van der Waals surface area contributed by atoms with Crippen molar-refractivity contribution < 1.29 is 0 Å². The van der Waals surface area contributed by atoms with Gasteiger partial charge in [-0.1, -0.05) is 77.9 Å². The quantitative estimate of drug-likeness (QED) is 0.420. The highest BCUT2D eigenvalue weighted by atomic mass is 16.1. The second-order valence-corrected chi connectivity index (χ2v) is 7.10. The van der Waals surface area contributed by atoms with E-state index in [-0.39, 0.29) is 5.56 Å². The smallest absolute Gasteiger partial charge is 0.266 e. The molecule has 0 aliphatic heterocycles. The largest absolute Gasteiger partial charge is 0.268 e. The van der Waals surface area contributed by atoms with Gasteiger partial charge in [0.25, 0.3) is 5.56 Å². The van der Waals surface area contributed by atoms with E-state index in [1.807, 2.05) is 92.7 Å². The molecule has 0 fully saturated rings. The Morgan fingerprint density at radius 2 is 1.59 bits per heavy atom. The molecule has 0 N–H and O–H groups in total. The Morgan fingerprint density at radius 1 is 0.897 bits per heavy atom. The van der Waals surface area contributed by atoms with Crippen molar-refractivity contribution in [2.24, 2.45) is 0 Å². The molecule has 0 saturated heterocycles. The number of hydrogen-bond acceptors (Lipinski definition) is 2. The fraction of sp³-hybridized carbons (Fsp3) is 0.0769. The topological polar surface area (TPSA) is 34.9 Å². The van der Waals surface area contributed by atoms with Gasteiger partial charge >= 0.3 is 0 Å². The minimum atomic E-state index is -0.0659.